The van der Waals surface area contributed by atoms with Gasteiger partial charge in [0.2, 0.25) is 0 Å². The second-order valence-corrected chi connectivity index (χ2v) is 7.70. The van der Waals surface area contributed by atoms with E-state index < -0.39 is 5.60 Å². The van der Waals surface area contributed by atoms with Crippen molar-refractivity contribution in [2.75, 3.05) is 32.8 Å². The van der Waals surface area contributed by atoms with Crippen LogP contribution in [0.4, 0.5) is 0 Å². The largest absolute Gasteiger partial charge is 0.388 e. The van der Waals surface area contributed by atoms with Gasteiger partial charge in [-0.1, -0.05) is 43.2 Å². The van der Waals surface area contributed by atoms with Crippen LogP contribution in [-0.2, 0) is 11.3 Å². The SMILES string of the molecule is CCNC(=NCC1(O)CCCC1)N1CCC(COCc2ccccc2)C1. The van der Waals surface area contributed by atoms with E-state index in [4.69, 9.17) is 9.73 Å². The number of rotatable bonds is 7. The van der Waals surface area contributed by atoms with Crippen LogP contribution in [0.15, 0.2) is 35.3 Å². The van der Waals surface area contributed by atoms with E-state index in [0.717, 1.165) is 64.3 Å². The highest BCUT2D eigenvalue weighted by atomic mass is 16.5. The number of nitrogens with one attached hydrogen (secondary N) is 1. The van der Waals surface area contributed by atoms with Crippen LogP contribution >= 0.6 is 0 Å². The van der Waals surface area contributed by atoms with Gasteiger partial charge in [0.05, 0.1) is 25.4 Å². The summed E-state index contributed by atoms with van der Waals surface area (Å²) >= 11 is 0. The van der Waals surface area contributed by atoms with Gasteiger partial charge in [0.1, 0.15) is 0 Å². The van der Waals surface area contributed by atoms with Crippen molar-refractivity contribution in [3.8, 4) is 0 Å². The Kier molecular flexibility index (Phi) is 6.92. The molecule has 2 fully saturated rings. The van der Waals surface area contributed by atoms with Crippen LogP contribution in [0.3, 0.4) is 0 Å². The molecule has 0 bridgehead atoms. The number of aliphatic imine (C=N–C) groups is 1. The first-order valence-electron chi connectivity index (χ1n) is 10.1. The van der Waals surface area contributed by atoms with Crippen molar-refractivity contribution in [3.05, 3.63) is 35.9 Å². The number of benzene rings is 1. The molecule has 144 valence electrons. The molecule has 0 radical (unpaired) electrons. The first kappa shape index (κ1) is 19.2. The molecule has 1 saturated carbocycles. The summed E-state index contributed by atoms with van der Waals surface area (Å²) in [5.74, 6) is 1.48. The molecule has 3 rings (SSSR count). The van der Waals surface area contributed by atoms with E-state index in [2.05, 4.69) is 29.3 Å². The molecule has 5 heteroatoms. The van der Waals surface area contributed by atoms with Crippen LogP contribution in [0.5, 0.6) is 0 Å². The summed E-state index contributed by atoms with van der Waals surface area (Å²) in [6.45, 7) is 6.90. The number of hydrogen-bond acceptors (Lipinski definition) is 3. The van der Waals surface area contributed by atoms with Gasteiger partial charge in [-0.05, 0) is 31.7 Å². The Bertz CT molecular complexity index is 570. The van der Waals surface area contributed by atoms with E-state index in [1.165, 1.54) is 5.56 Å². The Hall–Kier alpha value is -1.59. The zero-order valence-electron chi connectivity index (χ0n) is 16.0. The molecule has 0 spiro atoms. The van der Waals surface area contributed by atoms with Crippen LogP contribution in [-0.4, -0.2) is 54.4 Å². The second-order valence-electron chi connectivity index (χ2n) is 7.70. The molecule has 1 atom stereocenters. The smallest absolute Gasteiger partial charge is 0.194 e. The summed E-state index contributed by atoms with van der Waals surface area (Å²) in [5.41, 5.74) is 0.639. The van der Waals surface area contributed by atoms with Crippen molar-refractivity contribution in [2.45, 2.75) is 51.2 Å². The van der Waals surface area contributed by atoms with Crippen LogP contribution in [0.25, 0.3) is 0 Å². The predicted octanol–water partition coefficient (Wildman–Crippen LogP) is 2.80. The minimum atomic E-state index is -0.585. The fraction of sp³-hybridized carbons (Fsp3) is 0.667. The van der Waals surface area contributed by atoms with Crippen LogP contribution in [0.1, 0.15) is 44.6 Å². The van der Waals surface area contributed by atoms with Gasteiger partial charge in [-0.25, -0.2) is 0 Å². The van der Waals surface area contributed by atoms with Gasteiger partial charge in [0.25, 0.3) is 0 Å². The third-order valence-electron chi connectivity index (χ3n) is 5.44. The average molecular weight is 360 g/mol. The Morgan fingerprint density at radius 2 is 2.08 bits per heavy atom. The quantitative estimate of drug-likeness (QED) is 0.581. The highest BCUT2D eigenvalue weighted by Gasteiger charge is 2.32. The highest BCUT2D eigenvalue weighted by Crippen LogP contribution is 2.29. The highest BCUT2D eigenvalue weighted by molar-refractivity contribution is 5.80. The van der Waals surface area contributed by atoms with Gasteiger partial charge in [-0.15, -0.1) is 0 Å². The zero-order valence-corrected chi connectivity index (χ0v) is 16.0. The monoisotopic (exact) mass is 359 g/mol. The third-order valence-corrected chi connectivity index (χ3v) is 5.44. The molecular weight excluding hydrogens is 326 g/mol. The topological polar surface area (TPSA) is 57.1 Å². The predicted molar refractivity (Wildman–Crippen MR) is 105 cm³/mol. The maximum absolute atomic E-state index is 10.6. The lowest BCUT2D eigenvalue weighted by atomic mass is 10.0. The van der Waals surface area contributed by atoms with Crippen molar-refractivity contribution in [2.24, 2.45) is 10.9 Å². The van der Waals surface area contributed by atoms with E-state index >= 15 is 0 Å². The molecule has 5 nitrogen and oxygen atoms in total. The Morgan fingerprint density at radius 3 is 2.81 bits per heavy atom. The van der Waals surface area contributed by atoms with Gasteiger partial charge in [-0.2, -0.15) is 0 Å². The van der Waals surface area contributed by atoms with Crippen LogP contribution in [0, 0.1) is 5.92 Å². The molecule has 1 aliphatic heterocycles. The standard InChI is InChI=1S/C21H33N3O2/c1-2-22-20(23-17-21(25)11-6-7-12-21)24-13-10-19(14-24)16-26-15-18-8-4-3-5-9-18/h3-5,8-9,19,25H,2,6-7,10-17H2,1H3,(H,22,23). The maximum Gasteiger partial charge on any atom is 0.194 e. The molecule has 1 aliphatic carbocycles. The minimum Gasteiger partial charge on any atom is -0.388 e. The van der Waals surface area contributed by atoms with Crippen molar-refractivity contribution in [1.29, 1.82) is 0 Å². The fourth-order valence-electron chi connectivity index (χ4n) is 3.92. The lowest BCUT2D eigenvalue weighted by Crippen LogP contribution is -2.41. The van der Waals surface area contributed by atoms with Crippen LogP contribution < -0.4 is 5.32 Å². The van der Waals surface area contributed by atoms with E-state index in [9.17, 15) is 5.11 Å². The molecular formula is C21H33N3O2. The van der Waals surface area contributed by atoms with Crippen molar-refractivity contribution < 1.29 is 9.84 Å². The minimum absolute atomic E-state index is 0.515. The number of likely N-dealkylation sites (tertiary alicyclic amines) is 1. The summed E-state index contributed by atoms with van der Waals surface area (Å²) in [6.07, 6.45) is 5.13. The zero-order chi connectivity index (χ0) is 18.2. The number of ether oxygens (including phenoxy) is 1. The van der Waals surface area contributed by atoms with Crippen molar-refractivity contribution in [1.82, 2.24) is 10.2 Å². The number of nitrogens with zero attached hydrogens (tertiary/aromatic N) is 2. The summed E-state index contributed by atoms with van der Waals surface area (Å²) < 4.78 is 5.92. The molecule has 26 heavy (non-hydrogen) atoms. The fourth-order valence-corrected chi connectivity index (χ4v) is 3.92. The van der Waals surface area contributed by atoms with E-state index in [1.54, 1.807) is 0 Å². The number of hydrogen-bond donors (Lipinski definition) is 2. The first-order valence-corrected chi connectivity index (χ1v) is 10.1. The lowest BCUT2D eigenvalue weighted by molar-refractivity contribution is 0.0571. The van der Waals surface area contributed by atoms with E-state index in [0.29, 0.717) is 19.1 Å². The Labute approximate surface area is 157 Å². The van der Waals surface area contributed by atoms with E-state index in [1.807, 2.05) is 18.2 Å². The molecule has 1 aromatic carbocycles. The molecule has 2 aliphatic rings. The number of guanidine groups is 1. The van der Waals surface area contributed by atoms with Crippen LogP contribution in [0.2, 0.25) is 0 Å². The molecule has 1 heterocycles. The molecule has 2 N–H and O–H groups in total. The summed E-state index contributed by atoms with van der Waals surface area (Å²) in [5, 5.41) is 13.9. The summed E-state index contributed by atoms with van der Waals surface area (Å²) in [7, 11) is 0. The van der Waals surface area contributed by atoms with Gasteiger partial charge in [0, 0.05) is 25.6 Å². The van der Waals surface area contributed by atoms with Gasteiger partial charge < -0.3 is 20.1 Å². The number of aliphatic hydroxyl groups is 1. The van der Waals surface area contributed by atoms with Crippen molar-refractivity contribution in [3.63, 3.8) is 0 Å². The van der Waals surface area contributed by atoms with Crippen molar-refractivity contribution >= 4 is 5.96 Å². The molecule has 0 amide bonds. The third kappa shape index (κ3) is 5.45. The van der Waals surface area contributed by atoms with Gasteiger partial charge in [0.15, 0.2) is 5.96 Å². The van der Waals surface area contributed by atoms with E-state index in [-0.39, 0.29) is 0 Å². The normalized spacial score (nSPS) is 22.8. The lowest BCUT2D eigenvalue weighted by Gasteiger charge is -2.25. The Morgan fingerprint density at radius 1 is 1.31 bits per heavy atom. The van der Waals surface area contributed by atoms with Gasteiger partial charge in [-0.3, -0.25) is 4.99 Å². The molecule has 0 aromatic heterocycles. The second kappa shape index (κ2) is 9.38. The molecule has 1 unspecified atom stereocenters. The maximum atomic E-state index is 10.6. The Balaban J connectivity index is 1.46. The summed E-state index contributed by atoms with van der Waals surface area (Å²) in [6, 6.07) is 10.3. The average Bonchev–Trinajstić information content (AvgIpc) is 3.29. The summed E-state index contributed by atoms with van der Waals surface area (Å²) in [4.78, 5) is 7.07. The van der Waals surface area contributed by atoms with Gasteiger partial charge >= 0.3 is 0 Å². The molecule has 1 saturated heterocycles. The first-order chi connectivity index (χ1) is 12.7. The molecule has 1 aromatic rings.